The van der Waals surface area contributed by atoms with Crippen LogP contribution in [0.2, 0.25) is 0 Å². The summed E-state index contributed by atoms with van der Waals surface area (Å²) in [7, 11) is 0. The van der Waals surface area contributed by atoms with E-state index in [1.54, 1.807) is 25.5 Å². The molecule has 0 aliphatic heterocycles. The topological polar surface area (TPSA) is 125 Å². The first-order valence-corrected chi connectivity index (χ1v) is 12.3. The van der Waals surface area contributed by atoms with Crippen molar-refractivity contribution in [2.45, 2.75) is 26.8 Å². The van der Waals surface area contributed by atoms with Crippen molar-refractivity contribution in [3.8, 4) is 33.2 Å². The van der Waals surface area contributed by atoms with Crippen molar-refractivity contribution in [3.05, 3.63) is 59.9 Å². The number of imidazole rings is 1. The molecule has 0 fully saturated rings. The first-order chi connectivity index (χ1) is 17.5. The number of aromatic nitrogens is 7. The van der Waals surface area contributed by atoms with Crippen LogP contribution in [0.25, 0.3) is 55.4 Å². The van der Waals surface area contributed by atoms with Crippen molar-refractivity contribution in [2.75, 3.05) is 5.32 Å². The van der Waals surface area contributed by atoms with Gasteiger partial charge < -0.3 is 10.3 Å². The summed E-state index contributed by atoms with van der Waals surface area (Å²) in [6.07, 6.45) is 5.32. The third-order valence-electron chi connectivity index (χ3n) is 5.73. The monoisotopic (exact) mass is 494 g/mol. The van der Waals surface area contributed by atoms with Gasteiger partial charge in [0.25, 0.3) is 0 Å². The van der Waals surface area contributed by atoms with Gasteiger partial charge in [-0.1, -0.05) is 0 Å². The van der Waals surface area contributed by atoms with Crippen molar-refractivity contribution in [2.24, 2.45) is 0 Å². The molecule has 10 heteroatoms. The summed E-state index contributed by atoms with van der Waals surface area (Å²) < 4.78 is 0. The number of nitrogens with one attached hydrogen (secondary N) is 3. The molecule has 36 heavy (non-hydrogen) atoms. The van der Waals surface area contributed by atoms with Gasteiger partial charge in [-0.2, -0.15) is 5.10 Å². The Kier molecular flexibility index (Phi) is 5.30. The molecule has 6 aromatic heterocycles. The van der Waals surface area contributed by atoms with Gasteiger partial charge in [0.15, 0.2) is 22.9 Å². The standard InChI is InChI=1S/C26H22N8OS/c1-13(2)29-16-10-15(11-27-12-16)18-4-5-19-23(30-18)24(34-33-19)26-31-22-17(8-9-28-25(22)32-26)21-7-6-20(36-21)14(3)35/h4-13,29H,1-3H3,(H,33,34)(H,28,31,32). The molecular weight excluding hydrogens is 472 g/mol. The second kappa shape index (κ2) is 8.65. The molecule has 0 saturated heterocycles. The number of Topliss-reactive ketones (excluding diaryl/α,β-unsaturated/α-hetero) is 1. The van der Waals surface area contributed by atoms with E-state index in [0.29, 0.717) is 33.6 Å². The van der Waals surface area contributed by atoms with Crippen LogP contribution in [0.15, 0.2) is 55.0 Å². The van der Waals surface area contributed by atoms with E-state index < -0.39 is 0 Å². The van der Waals surface area contributed by atoms with Gasteiger partial charge in [-0.3, -0.25) is 14.9 Å². The first-order valence-electron chi connectivity index (χ1n) is 11.5. The molecule has 0 radical (unpaired) electrons. The number of pyridine rings is 3. The molecule has 0 bridgehead atoms. The van der Waals surface area contributed by atoms with E-state index in [9.17, 15) is 4.79 Å². The van der Waals surface area contributed by atoms with E-state index in [4.69, 9.17) is 9.97 Å². The van der Waals surface area contributed by atoms with Crippen molar-refractivity contribution >= 4 is 45.0 Å². The summed E-state index contributed by atoms with van der Waals surface area (Å²) in [5, 5.41) is 10.9. The first kappa shape index (κ1) is 22.1. The number of hydrogen-bond donors (Lipinski definition) is 3. The number of ketones is 1. The minimum Gasteiger partial charge on any atom is -0.382 e. The molecule has 0 aliphatic carbocycles. The lowest BCUT2D eigenvalue weighted by molar-refractivity contribution is 0.102. The average molecular weight is 495 g/mol. The molecule has 0 saturated carbocycles. The third kappa shape index (κ3) is 3.91. The number of thiophene rings is 1. The number of carbonyl (C=O) groups is 1. The highest BCUT2D eigenvalue weighted by molar-refractivity contribution is 7.17. The highest BCUT2D eigenvalue weighted by Gasteiger charge is 2.18. The van der Waals surface area contributed by atoms with E-state index in [-0.39, 0.29) is 5.78 Å². The maximum Gasteiger partial charge on any atom is 0.178 e. The van der Waals surface area contributed by atoms with Crippen molar-refractivity contribution in [1.82, 2.24) is 35.1 Å². The second-order valence-electron chi connectivity index (χ2n) is 8.79. The Bertz CT molecular complexity index is 1750. The molecule has 178 valence electrons. The Morgan fingerprint density at radius 1 is 1.08 bits per heavy atom. The van der Waals surface area contributed by atoms with Gasteiger partial charge in [-0.25, -0.2) is 15.0 Å². The van der Waals surface area contributed by atoms with Crippen molar-refractivity contribution < 1.29 is 4.79 Å². The minimum atomic E-state index is 0.0486. The van der Waals surface area contributed by atoms with E-state index in [2.05, 4.69) is 44.3 Å². The van der Waals surface area contributed by atoms with Gasteiger partial charge >= 0.3 is 0 Å². The summed E-state index contributed by atoms with van der Waals surface area (Å²) in [4.78, 5) is 35.3. The molecule has 6 rings (SSSR count). The number of fused-ring (bicyclic) bond motifs is 2. The molecule has 0 aromatic carbocycles. The van der Waals surface area contributed by atoms with Crippen LogP contribution in [0.5, 0.6) is 0 Å². The van der Waals surface area contributed by atoms with Crippen LogP contribution in [0.1, 0.15) is 30.4 Å². The van der Waals surface area contributed by atoms with Crippen LogP contribution in [0.3, 0.4) is 0 Å². The Morgan fingerprint density at radius 3 is 2.78 bits per heavy atom. The zero-order valence-electron chi connectivity index (χ0n) is 19.8. The van der Waals surface area contributed by atoms with Crippen LogP contribution in [-0.4, -0.2) is 46.9 Å². The lowest BCUT2D eigenvalue weighted by Gasteiger charge is -2.10. The smallest absolute Gasteiger partial charge is 0.178 e. The van der Waals surface area contributed by atoms with Gasteiger partial charge in [0, 0.05) is 40.6 Å². The number of anilines is 1. The molecule has 3 N–H and O–H groups in total. The molecule has 0 unspecified atom stereocenters. The number of aromatic amines is 2. The third-order valence-corrected chi connectivity index (χ3v) is 6.95. The number of nitrogens with zero attached hydrogens (tertiary/aromatic N) is 5. The average Bonchev–Trinajstić information content (AvgIpc) is 3.60. The summed E-state index contributed by atoms with van der Waals surface area (Å²) >= 11 is 1.45. The second-order valence-corrected chi connectivity index (χ2v) is 9.87. The van der Waals surface area contributed by atoms with E-state index in [0.717, 1.165) is 38.4 Å². The van der Waals surface area contributed by atoms with Crippen LogP contribution >= 0.6 is 11.3 Å². The predicted octanol–water partition coefficient (Wildman–Crippen LogP) is 5.71. The van der Waals surface area contributed by atoms with Gasteiger partial charge in [0.2, 0.25) is 0 Å². The van der Waals surface area contributed by atoms with Crippen LogP contribution < -0.4 is 5.32 Å². The van der Waals surface area contributed by atoms with Crippen LogP contribution in [-0.2, 0) is 0 Å². The summed E-state index contributed by atoms with van der Waals surface area (Å²) in [6.45, 7) is 5.75. The van der Waals surface area contributed by atoms with Gasteiger partial charge in [-0.15, -0.1) is 11.3 Å². The van der Waals surface area contributed by atoms with E-state index >= 15 is 0 Å². The summed E-state index contributed by atoms with van der Waals surface area (Å²) in [5.74, 6) is 0.616. The fourth-order valence-electron chi connectivity index (χ4n) is 4.12. The Hall–Kier alpha value is -4.44. The normalized spacial score (nSPS) is 11.6. The van der Waals surface area contributed by atoms with E-state index in [1.807, 2.05) is 36.4 Å². The fraction of sp³-hybridized carbons (Fsp3) is 0.154. The predicted molar refractivity (Wildman–Crippen MR) is 142 cm³/mol. The SMILES string of the molecule is CC(=O)c1ccc(-c2ccnc3nc(-c4n[nH]c5ccc(-c6cncc(NC(C)C)c6)nc45)[nH]c23)s1. The number of H-pyrrole nitrogens is 2. The molecule has 0 amide bonds. The fourth-order valence-corrected chi connectivity index (χ4v) is 5.05. The number of carbonyl (C=O) groups excluding carboxylic acids is 1. The van der Waals surface area contributed by atoms with Crippen LogP contribution in [0, 0.1) is 0 Å². The van der Waals surface area contributed by atoms with Gasteiger partial charge in [0.05, 0.1) is 27.3 Å². The van der Waals surface area contributed by atoms with Gasteiger partial charge in [0.1, 0.15) is 5.52 Å². The maximum atomic E-state index is 11.8. The largest absolute Gasteiger partial charge is 0.382 e. The summed E-state index contributed by atoms with van der Waals surface area (Å²) in [6, 6.07) is 12.0. The molecule has 6 aromatic rings. The van der Waals surface area contributed by atoms with Crippen molar-refractivity contribution in [3.63, 3.8) is 0 Å². The van der Waals surface area contributed by atoms with E-state index in [1.165, 1.54) is 11.3 Å². The zero-order chi connectivity index (χ0) is 24.8. The quantitative estimate of drug-likeness (QED) is 0.253. The highest BCUT2D eigenvalue weighted by Crippen LogP contribution is 2.34. The molecule has 0 spiro atoms. The number of rotatable bonds is 6. The zero-order valence-corrected chi connectivity index (χ0v) is 20.6. The highest BCUT2D eigenvalue weighted by atomic mass is 32.1. The summed E-state index contributed by atoms with van der Waals surface area (Å²) in [5.41, 5.74) is 7.03. The molecular formula is C26H22N8OS. The number of hydrogen-bond acceptors (Lipinski definition) is 8. The van der Waals surface area contributed by atoms with Gasteiger partial charge in [-0.05, 0) is 57.2 Å². The molecule has 9 nitrogen and oxygen atoms in total. The molecule has 0 aliphatic rings. The minimum absolute atomic E-state index is 0.0486. The van der Waals surface area contributed by atoms with Crippen LogP contribution in [0.4, 0.5) is 5.69 Å². The maximum absolute atomic E-state index is 11.8. The lowest BCUT2D eigenvalue weighted by Crippen LogP contribution is -2.09. The molecule has 6 heterocycles. The Labute approximate surface area is 210 Å². The lowest BCUT2D eigenvalue weighted by atomic mass is 10.1. The molecule has 0 atom stereocenters. The Morgan fingerprint density at radius 2 is 1.97 bits per heavy atom. The Balaban J connectivity index is 1.43. The van der Waals surface area contributed by atoms with Crippen molar-refractivity contribution in [1.29, 1.82) is 0 Å².